The average molecular weight is 381 g/mol. The number of aromatic nitrogens is 1. The third-order valence-corrected chi connectivity index (χ3v) is 5.86. The highest BCUT2D eigenvalue weighted by Crippen LogP contribution is 2.38. The first kappa shape index (κ1) is 17.5. The number of nitrogens with zero attached hydrogens (tertiary/aromatic N) is 1. The number of amides is 2. The van der Waals surface area contributed by atoms with Crippen LogP contribution >= 0.6 is 11.3 Å². The average Bonchev–Trinajstić information content (AvgIpc) is 3.33. The van der Waals surface area contributed by atoms with E-state index >= 15 is 0 Å². The van der Waals surface area contributed by atoms with Gasteiger partial charge in [0, 0.05) is 23.6 Å². The summed E-state index contributed by atoms with van der Waals surface area (Å²) >= 11 is 1.48. The number of fused-ring (bicyclic) bond motifs is 1. The molecule has 1 aliphatic carbocycles. The van der Waals surface area contributed by atoms with Gasteiger partial charge in [0.05, 0.1) is 5.56 Å². The van der Waals surface area contributed by atoms with Gasteiger partial charge in [0.15, 0.2) is 11.5 Å². The molecule has 4 rings (SSSR count). The number of carbonyl (C=O) groups is 2. The molecule has 0 aliphatic heterocycles. The first-order valence-corrected chi connectivity index (χ1v) is 9.69. The van der Waals surface area contributed by atoms with Crippen molar-refractivity contribution in [3.05, 3.63) is 58.1 Å². The van der Waals surface area contributed by atoms with E-state index in [0.717, 1.165) is 36.8 Å². The molecule has 27 heavy (non-hydrogen) atoms. The highest BCUT2D eigenvalue weighted by molar-refractivity contribution is 7.17. The maximum Gasteiger partial charge on any atom is 0.278 e. The Morgan fingerprint density at radius 1 is 1.11 bits per heavy atom. The monoisotopic (exact) mass is 381 g/mol. The van der Waals surface area contributed by atoms with Gasteiger partial charge in [-0.1, -0.05) is 35.5 Å². The maximum absolute atomic E-state index is 12.7. The molecule has 2 N–H and O–H groups in total. The molecule has 0 atom stereocenters. The molecule has 3 aromatic rings. The molecule has 1 aromatic carbocycles. The lowest BCUT2D eigenvalue weighted by Crippen LogP contribution is -2.22. The van der Waals surface area contributed by atoms with Gasteiger partial charge < -0.3 is 15.2 Å². The summed E-state index contributed by atoms with van der Waals surface area (Å²) in [5.74, 6) is -0.0303. The molecule has 2 aromatic heterocycles. The van der Waals surface area contributed by atoms with Crippen molar-refractivity contribution >= 4 is 28.2 Å². The predicted molar refractivity (Wildman–Crippen MR) is 104 cm³/mol. The highest BCUT2D eigenvalue weighted by atomic mass is 32.1. The van der Waals surface area contributed by atoms with Crippen LogP contribution < -0.4 is 10.6 Å². The number of aryl methyl sites for hydroxylation is 1. The molecule has 0 saturated heterocycles. The van der Waals surface area contributed by atoms with Crippen LogP contribution in [-0.4, -0.2) is 24.0 Å². The Morgan fingerprint density at radius 2 is 1.89 bits per heavy atom. The van der Waals surface area contributed by atoms with E-state index in [0.29, 0.717) is 16.3 Å². The Morgan fingerprint density at radius 3 is 2.67 bits per heavy atom. The Balaban J connectivity index is 1.61. The summed E-state index contributed by atoms with van der Waals surface area (Å²) in [6, 6.07) is 11.1. The highest BCUT2D eigenvalue weighted by Gasteiger charge is 2.26. The van der Waals surface area contributed by atoms with Crippen molar-refractivity contribution in [1.82, 2.24) is 10.5 Å². The van der Waals surface area contributed by atoms with Crippen molar-refractivity contribution in [2.75, 3.05) is 12.4 Å². The summed E-state index contributed by atoms with van der Waals surface area (Å²) in [5, 5.41) is 10.0. The van der Waals surface area contributed by atoms with Gasteiger partial charge in [0.2, 0.25) is 0 Å². The Hall–Kier alpha value is -2.93. The number of hydrogen-bond acceptors (Lipinski definition) is 5. The molecule has 138 valence electrons. The van der Waals surface area contributed by atoms with E-state index in [4.69, 9.17) is 4.52 Å². The van der Waals surface area contributed by atoms with Crippen molar-refractivity contribution in [1.29, 1.82) is 0 Å². The zero-order chi connectivity index (χ0) is 18.8. The smallest absolute Gasteiger partial charge is 0.278 e. The molecular formula is C20H19N3O3S. The van der Waals surface area contributed by atoms with E-state index in [9.17, 15) is 9.59 Å². The zero-order valence-corrected chi connectivity index (χ0v) is 15.7. The van der Waals surface area contributed by atoms with Gasteiger partial charge in [-0.25, -0.2) is 0 Å². The molecule has 1 aliphatic rings. The van der Waals surface area contributed by atoms with E-state index in [1.165, 1.54) is 16.2 Å². The summed E-state index contributed by atoms with van der Waals surface area (Å²) in [6.45, 7) is 0. The van der Waals surface area contributed by atoms with Gasteiger partial charge in [0.25, 0.3) is 11.8 Å². The van der Waals surface area contributed by atoms with Crippen LogP contribution in [0.3, 0.4) is 0 Å². The van der Waals surface area contributed by atoms with Gasteiger partial charge in [-0.2, -0.15) is 0 Å². The SMILES string of the molecule is CNC(=O)c1c(NC(=O)c2cc(-c3ccccc3)on2)sc2c1CCCC2. The molecule has 2 amide bonds. The zero-order valence-electron chi connectivity index (χ0n) is 14.9. The Labute approximate surface area is 160 Å². The van der Waals surface area contributed by atoms with Crippen molar-refractivity contribution in [3.63, 3.8) is 0 Å². The first-order valence-electron chi connectivity index (χ1n) is 8.87. The molecular weight excluding hydrogens is 362 g/mol. The summed E-state index contributed by atoms with van der Waals surface area (Å²) in [7, 11) is 1.60. The van der Waals surface area contributed by atoms with Crippen LogP contribution in [0, 0.1) is 0 Å². The Kier molecular flexibility index (Phi) is 4.77. The minimum atomic E-state index is -0.385. The number of carbonyl (C=O) groups excluding carboxylic acids is 2. The lowest BCUT2D eigenvalue weighted by molar-refractivity contribution is 0.0963. The third kappa shape index (κ3) is 3.38. The molecule has 0 unspecified atom stereocenters. The van der Waals surface area contributed by atoms with E-state index < -0.39 is 0 Å². The van der Waals surface area contributed by atoms with E-state index in [1.807, 2.05) is 30.3 Å². The lowest BCUT2D eigenvalue weighted by atomic mass is 9.95. The normalized spacial score (nSPS) is 13.1. The Bertz CT molecular complexity index is 991. The van der Waals surface area contributed by atoms with Gasteiger partial charge in [-0.05, 0) is 31.2 Å². The van der Waals surface area contributed by atoms with Crippen LogP contribution in [0.15, 0.2) is 40.9 Å². The summed E-state index contributed by atoms with van der Waals surface area (Å²) in [5.41, 5.74) is 2.67. The topological polar surface area (TPSA) is 84.2 Å². The van der Waals surface area contributed by atoms with Crippen LogP contribution in [0.4, 0.5) is 5.00 Å². The summed E-state index contributed by atoms with van der Waals surface area (Å²) in [6.07, 6.45) is 3.98. The van der Waals surface area contributed by atoms with Crippen molar-refractivity contribution in [2.45, 2.75) is 25.7 Å². The van der Waals surface area contributed by atoms with Gasteiger partial charge in [-0.3, -0.25) is 9.59 Å². The first-order chi connectivity index (χ1) is 13.2. The van der Waals surface area contributed by atoms with Gasteiger partial charge >= 0.3 is 0 Å². The van der Waals surface area contributed by atoms with Crippen LogP contribution in [0.25, 0.3) is 11.3 Å². The number of nitrogens with one attached hydrogen (secondary N) is 2. The van der Waals surface area contributed by atoms with Crippen LogP contribution in [0.2, 0.25) is 0 Å². The molecule has 0 spiro atoms. The van der Waals surface area contributed by atoms with E-state index in [1.54, 1.807) is 13.1 Å². The van der Waals surface area contributed by atoms with Crippen LogP contribution in [0.5, 0.6) is 0 Å². The van der Waals surface area contributed by atoms with Crippen molar-refractivity contribution in [2.24, 2.45) is 0 Å². The van der Waals surface area contributed by atoms with Gasteiger partial charge in [0.1, 0.15) is 5.00 Å². The van der Waals surface area contributed by atoms with Gasteiger partial charge in [-0.15, -0.1) is 11.3 Å². The molecule has 0 radical (unpaired) electrons. The number of anilines is 1. The predicted octanol–water partition coefficient (Wildman–Crippen LogP) is 3.89. The van der Waals surface area contributed by atoms with Crippen molar-refractivity contribution in [3.8, 4) is 11.3 Å². The lowest BCUT2D eigenvalue weighted by Gasteiger charge is -2.12. The standard InChI is InChI=1S/C20H19N3O3S/c1-21-19(25)17-13-9-5-6-10-16(13)27-20(17)22-18(24)14-11-15(26-23-14)12-7-3-2-4-8-12/h2-4,7-8,11H,5-6,9-10H2,1H3,(H,21,25)(H,22,24). The van der Waals surface area contributed by atoms with Crippen molar-refractivity contribution < 1.29 is 14.1 Å². The fourth-order valence-electron chi connectivity index (χ4n) is 3.31. The molecule has 6 nitrogen and oxygen atoms in total. The van der Waals surface area contributed by atoms with E-state index in [-0.39, 0.29) is 17.5 Å². The summed E-state index contributed by atoms with van der Waals surface area (Å²) < 4.78 is 5.30. The minimum Gasteiger partial charge on any atom is -0.355 e. The summed E-state index contributed by atoms with van der Waals surface area (Å²) in [4.78, 5) is 26.2. The number of benzene rings is 1. The fraction of sp³-hybridized carbons (Fsp3) is 0.250. The maximum atomic E-state index is 12.7. The second kappa shape index (κ2) is 7.36. The largest absolute Gasteiger partial charge is 0.355 e. The number of hydrogen-bond donors (Lipinski definition) is 2. The molecule has 2 heterocycles. The molecule has 7 heteroatoms. The number of thiophene rings is 1. The quantitative estimate of drug-likeness (QED) is 0.718. The van der Waals surface area contributed by atoms with Crippen LogP contribution in [0.1, 0.15) is 44.1 Å². The van der Waals surface area contributed by atoms with E-state index in [2.05, 4.69) is 15.8 Å². The molecule has 0 bridgehead atoms. The fourth-order valence-corrected chi connectivity index (χ4v) is 4.59. The minimum absolute atomic E-state index is 0.171. The number of rotatable bonds is 4. The van der Waals surface area contributed by atoms with Crippen LogP contribution in [-0.2, 0) is 12.8 Å². The second-order valence-corrected chi connectivity index (χ2v) is 7.50. The second-order valence-electron chi connectivity index (χ2n) is 6.39. The molecule has 0 saturated carbocycles. The third-order valence-electron chi connectivity index (χ3n) is 4.65. The molecule has 0 fully saturated rings.